The number of nitrogens with zero attached hydrogens (tertiary/aromatic N) is 3. The number of amides is 1. The van der Waals surface area contributed by atoms with Gasteiger partial charge in [0.15, 0.2) is 17.3 Å². The quantitative estimate of drug-likeness (QED) is 0.469. The van der Waals surface area contributed by atoms with Crippen LogP contribution in [-0.4, -0.2) is 35.2 Å². The van der Waals surface area contributed by atoms with Gasteiger partial charge in [0.25, 0.3) is 5.91 Å². The molecule has 154 valence electrons. The Bertz CT molecular complexity index is 1200. The zero-order valence-electron chi connectivity index (χ0n) is 16.6. The Hall–Kier alpha value is -3.90. The molecule has 1 heterocycles. The van der Waals surface area contributed by atoms with Gasteiger partial charge < -0.3 is 9.84 Å². The first-order valence-corrected chi connectivity index (χ1v) is 9.80. The first-order valence-electron chi connectivity index (χ1n) is 9.42. The number of ether oxygens (including phenoxy) is 1. The number of methoxy groups -OCH3 is 1. The highest BCUT2D eigenvalue weighted by Gasteiger charge is 2.31. The lowest BCUT2D eigenvalue weighted by Gasteiger charge is -2.12. The molecule has 0 bridgehead atoms. The number of hydrogen-bond acceptors (Lipinski definition) is 5. The molecule has 31 heavy (non-hydrogen) atoms. The monoisotopic (exact) mass is 431 g/mol. The number of rotatable bonds is 5. The first-order chi connectivity index (χ1) is 15.0. The van der Waals surface area contributed by atoms with Crippen LogP contribution in [0.3, 0.4) is 0 Å². The lowest BCUT2D eigenvalue weighted by Crippen LogP contribution is -2.27. The van der Waals surface area contributed by atoms with Gasteiger partial charge in [-0.05, 0) is 47.5 Å². The molecule has 1 N–H and O–H groups in total. The van der Waals surface area contributed by atoms with E-state index in [9.17, 15) is 9.90 Å². The van der Waals surface area contributed by atoms with Crippen molar-refractivity contribution in [3.05, 3.63) is 100 Å². The van der Waals surface area contributed by atoms with Crippen molar-refractivity contribution >= 4 is 35.6 Å². The number of phenolic OH excluding ortho intramolecular Hbond substituents is 1. The fourth-order valence-corrected chi connectivity index (χ4v) is 3.13. The summed E-state index contributed by atoms with van der Waals surface area (Å²) in [6, 6.07) is 21.3. The zero-order valence-corrected chi connectivity index (χ0v) is 17.3. The molecule has 6 nitrogen and oxygen atoms in total. The van der Waals surface area contributed by atoms with Gasteiger partial charge in [-0.2, -0.15) is 10.1 Å². The fraction of sp³-hybridized carbons (Fsp3) is 0.0417. The molecule has 3 aromatic rings. The number of carbonyl (C=O) groups is 1. The largest absolute Gasteiger partial charge is 0.504 e. The molecule has 0 aliphatic carbocycles. The highest BCUT2D eigenvalue weighted by atomic mass is 35.5. The van der Waals surface area contributed by atoms with Gasteiger partial charge in [-0.15, -0.1) is 0 Å². The average Bonchev–Trinajstić information content (AvgIpc) is 3.10. The van der Waals surface area contributed by atoms with Gasteiger partial charge in [-0.1, -0.05) is 54.1 Å². The number of carbonyl (C=O) groups excluding carboxylic acids is 1. The summed E-state index contributed by atoms with van der Waals surface area (Å²) in [5.74, 6) is 0.414. The van der Waals surface area contributed by atoms with E-state index in [1.807, 2.05) is 42.5 Å². The van der Waals surface area contributed by atoms with Gasteiger partial charge in [0.1, 0.15) is 5.70 Å². The van der Waals surface area contributed by atoms with Gasteiger partial charge in [-0.25, -0.2) is 4.99 Å². The maximum atomic E-state index is 13.1. The first kappa shape index (κ1) is 20.4. The predicted molar refractivity (Wildman–Crippen MR) is 122 cm³/mol. The summed E-state index contributed by atoms with van der Waals surface area (Å²) in [7, 11) is 1.47. The molecule has 0 saturated heterocycles. The van der Waals surface area contributed by atoms with E-state index in [4.69, 9.17) is 16.3 Å². The summed E-state index contributed by atoms with van der Waals surface area (Å²) in [4.78, 5) is 17.6. The van der Waals surface area contributed by atoms with Crippen LogP contribution in [0.25, 0.3) is 6.08 Å². The van der Waals surface area contributed by atoms with E-state index < -0.39 is 0 Å². The van der Waals surface area contributed by atoms with E-state index in [2.05, 4.69) is 10.1 Å². The van der Waals surface area contributed by atoms with E-state index in [1.165, 1.54) is 24.4 Å². The molecule has 7 heteroatoms. The predicted octanol–water partition coefficient (Wildman–Crippen LogP) is 4.72. The molecule has 4 rings (SSSR count). The van der Waals surface area contributed by atoms with Crippen molar-refractivity contribution < 1.29 is 14.6 Å². The summed E-state index contributed by atoms with van der Waals surface area (Å²) >= 11 is 5.95. The molecular weight excluding hydrogens is 414 g/mol. The van der Waals surface area contributed by atoms with Gasteiger partial charge in [0, 0.05) is 10.6 Å². The van der Waals surface area contributed by atoms with Crippen LogP contribution in [0.15, 0.2) is 88.6 Å². The maximum absolute atomic E-state index is 13.1. The highest BCUT2D eigenvalue weighted by molar-refractivity contribution is 6.30. The van der Waals surface area contributed by atoms with Crippen molar-refractivity contribution in [3.63, 3.8) is 0 Å². The van der Waals surface area contributed by atoms with Gasteiger partial charge >= 0.3 is 0 Å². The number of hydrogen-bond donors (Lipinski definition) is 1. The second-order valence-corrected chi connectivity index (χ2v) is 7.11. The van der Waals surface area contributed by atoms with Crippen molar-refractivity contribution in [1.29, 1.82) is 0 Å². The molecule has 0 fully saturated rings. The van der Waals surface area contributed by atoms with Crippen molar-refractivity contribution in [1.82, 2.24) is 5.01 Å². The van der Waals surface area contributed by atoms with Crippen LogP contribution in [0.2, 0.25) is 5.02 Å². The van der Waals surface area contributed by atoms with Crippen molar-refractivity contribution in [3.8, 4) is 11.5 Å². The molecule has 0 unspecified atom stereocenters. The van der Waals surface area contributed by atoms with Crippen LogP contribution in [0.4, 0.5) is 0 Å². The molecule has 0 radical (unpaired) electrons. The second-order valence-electron chi connectivity index (χ2n) is 6.68. The van der Waals surface area contributed by atoms with Crippen LogP contribution in [0.1, 0.15) is 16.7 Å². The maximum Gasteiger partial charge on any atom is 0.298 e. The molecule has 0 atom stereocenters. The normalized spacial score (nSPS) is 15.0. The third kappa shape index (κ3) is 4.49. The van der Waals surface area contributed by atoms with E-state index >= 15 is 0 Å². The van der Waals surface area contributed by atoms with Gasteiger partial charge in [0.05, 0.1) is 13.3 Å². The highest BCUT2D eigenvalue weighted by Crippen LogP contribution is 2.26. The SMILES string of the molecule is COc1cc(/C=N/N2C(=O)C(=Cc3ccc(Cl)cc3)N=C2c2ccccc2)ccc1O. The van der Waals surface area contributed by atoms with E-state index in [0.717, 1.165) is 11.1 Å². The van der Waals surface area contributed by atoms with E-state index in [-0.39, 0.29) is 17.4 Å². The fourth-order valence-electron chi connectivity index (χ4n) is 3.00. The van der Waals surface area contributed by atoms with Crippen molar-refractivity contribution in [2.45, 2.75) is 0 Å². The van der Waals surface area contributed by atoms with Crippen LogP contribution in [-0.2, 0) is 4.79 Å². The Balaban J connectivity index is 1.71. The molecule has 0 aromatic heterocycles. The third-order valence-corrected chi connectivity index (χ3v) is 4.82. The van der Waals surface area contributed by atoms with E-state index in [0.29, 0.717) is 22.2 Å². The summed E-state index contributed by atoms with van der Waals surface area (Å²) in [6.07, 6.45) is 3.21. The van der Waals surface area contributed by atoms with E-state index in [1.54, 1.807) is 30.3 Å². The minimum Gasteiger partial charge on any atom is -0.504 e. The zero-order chi connectivity index (χ0) is 21.8. The smallest absolute Gasteiger partial charge is 0.298 e. The number of aromatic hydroxyl groups is 1. The summed E-state index contributed by atoms with van der Waals surface area (Å²) in [5, 5.41) is 16.0. The van der Waals surface area contributed by atoms with Crippen LogP contribution in [0.5, 0.6) is 11.5 Å². The number of benzene rings is 3. The Labute approximate surface area is 184 Å². The average molecular weight is 432 g/mol. The number of hydrazone groups is 1. The number of aliphatic imine (C=N–C) groups is 1. The Morgan fingerprint density at radius 3 is 2.45 bits per heavy atom. The second kappa shape index (κ2) is 8.85. The minimum absolute atomic E-state index is 0.0246. The summed E-state index contributed by atoms with van der Waals surface area (Å²) in [5.41, 5.74) is 2.49. The molecule has 0 spiro atoms. The van der Waals surface area contributed by atoms with Crippen molar-refractivity contribution in [2.24, 2.45) is 10.1 Å². The lowest BCUT2D eigenvalue weighted by atomic mass is 10.2. The molecule has 1 aliphatic rings. The lowest BCUT2D eigenvalue weighted by molar-refractivity contribution is -0.122. The van der Waals surface area contributed by atoms with Gasteiger partial charge in [0.2, 0.25) is 0 Å². The van der Waals surface area contributed by atoms with Crippen LogP contribution in [0, 0.1) is 0 Å². The number of halogens is 1. The van der Waals surface area contributed by atoms with Crippen LogP contribution < -0.4 is 4.74 Å². The topological polar surface area (TPSA) is 74.5 Å². The molecule has 0 saturated carbocycles. The van der Waals surface area contributed by atoms with Crippen molar-refractivity contribution in [2.75, 3.05) is 7.11 Å². The molecule has 1 aliphatic heterocycles. The number of amidine groups is 1. The third-order valence-electron chi connectivity index (χ3n) is 4.57. The molecule has 1 amide bonds. The van der Waals surface area contributed by atoms with Crippen LogP contribution >= 0.6 is 11.6 Å². The molecular formula is C24H18ClN3O3. The number of phenols is 1. The summed E-state index contributed by atoms with van der Waals surface area (Å²) in [6.45, 7) is 0. The van der Waals surface area contributed by atoms with Gasteiger partial charge in [-0.3, -0.25) is 4.79 Å². The standard InChI is InChI=1S/C24H18ClN3O3/c1-31-22-14-17(9-12-21(22)29)15-26-28-23(18-5-3-2-4-6-18)27-20(24(28)30)13-16-7-10-19(25)11-8-16/h2-15,29H,1H3/b20-13?,26-15+. The Kier molecular flexibility index (Phi) is 5.82. The minimum atomic E-state index is -0.351. The Morgan fingerprint density at radius 2 is 1.74 bits per heavy atom. The summed E-state index contributed by atoms with van der Waals surface area (Å²) < 4.78 is 5.13. The molecule has 3 aromatic carbocycles. The Morgan fingerprint density at radius 1 is 1.03 bits per heavy atom.